The maximum absolute atomic E-state index is 13.0. The van der Waals surface area contributed by atoms with E-state index in [1.165, 1.54) is 35.7 Å². The lowest BCUT2D eigenvalue weighted by Gasteiger charge is -2.26. The van der Waals surface area contributed by atoms with Crippen LogP contribution in [0.5, 0.6) is 0 Å². The van der Waals surface area contributed by atoms with Gasteiger partial charge in [-0.05, 0) is 43.4 Å². The average Bonchev–Trinajstić information content (AvgIpc) is 3.09. The van der Waals surface area contributed by atoms with Crippen LogP contribution < -0.4 is 10.5 Å². The van der Waals surface area contributed by atoms with E-state index in [4.69, 9.17) is 0 Å². The average molecular weight is 387 g/mol. The van der Waals surface area contributed by atoms with E-state index in [1.54, 1.807) is 10.8 Å². The molecule has 0 atom stereocenters. The summed E-state index contributed by atoms with van der Waals surface area (Å²) < 4.78 is 3.91. The van der Waals surface area contributed by atoms with Crippen LogP contribution in [0.4, 0.5) is 5.95 Å². The first-order chi connectivity index (χ1) is 14.2. The number of fused-ring (bicyclic) bond motifs is 2. The van der Waals surface area contributed by atoms with E-state index in [2.05, 4.69) is 56.9 Å². The predicted molar refractivity (Wildman–Crippen MR) is 116 cm³/mol. The maximum atomic E-state index is 13.0. The van der Waals surface area contributed by atoms with Crippen LogP contribution in [-0.4, -0.2) is 32.2 Å². The Balaban J connectivity index is 1.41. The molecule has 0 aliphatic carbocycles. The summed E-state index contributed by atoms with van der Waals surface area (Å²) in [6.07, 6.45) is 10.1. The summed E-state index contributed by atoms with van der Waals surface area (Å²) in [5, 5.41) is 1.84. The SMILES string of the molecule is Cn1cc(CCn2ccc3nc(N4CCCCC4)ncc3c2=O)c2ccccc21. The molecule has 5 rings (SSSR count). The standard InChI is InChI=1S/C23H25N5O/c1-26-16-17(18-7-3-4-8-21(18)26)9-13-27-14-10-20-19(22(27)29)15-24-23(25-20)28-11-5-2-6-12-28/h3-4,7-8,10,14-16H,2,5-6,9,11-13H2,1H3. The topological polar surface area (TPSA) is 56.0 Å². The Morgan fingerprint density at radius 3 is 2.72 bits per heavy atom. The van der Waals surface area contributed by atoms with Crippen LogP contribution in [0.25, 0.3) is 21.8 Å². The summed E-state index contributed by atoms with van der Waals surface area (Å²) in [5.41, 5.74) is 3.18. The number of hydrogen-bond donors (Lipinski definition) is 0. The monoisotopic (exact) mass is 387 g/mol. The smallest absolute Gasteiger partial charge is 0.261 e. The van der Waals surface area contributed by atoms with Crippen molar-refractivity contribution in [3.63, 3.8) is 0 Å². The van der Waals surface area contributed by atoms with Crippen molar-refractivity contribution in [2.45, 2.75) is 32.2 Å². The van der Waals surface area contributed by atoms with Gasteiger partial charge in [-0.25, -0.2) is 9.97 Å². The van der Waals surface area contributed by atoms with E-state index >= 15 is 0 Å². The number of rotatable bonds is 4. The lowest BCUT2D eigenvalue weighted by Crippen LogP contribution is -2.31. The predicted octanol–water partition coefficient (Wildman–Crippen LogP) is 3.52. The third-order valence-corrected chi connectivity index (χ3v) is 5.95. The molecule has 1 aliphatic heterocycles. The summed E-state index contributed by atoms with van der Waals surface area (Å²) in [6.45, 7) is 2.62. The molecule has 6 nitrogen and oxygen atoms in total. The number of anilines is 1. The molecule has 0 saturated carbocycles. The number of piperidine rings is 1. The second-order valence-corrected chi connectivity index (χ2v) is 7.86. The van der Waals surface area contributed by atoms with Gasteiger partial charge in [0.25, 0.3) is 5.56 Å². The molecule has 0 unspecified atom stereocenters. The molecule has 4 heterocycles. The molecule has 1 saturated heterocycles. The molecule has 1 aromatic carbocycles. The molecule has 29 heavy (non-hydrogen) atoms. The van der Waals surface area contributed by atoms with Crippen LogP contribution in [0.3, 0.4) is 0 Å². The second-order valence-electron chi connectivity index (χ2n) is 7.86. The van der Waals surface area contributed by atoms with Crippen molar-refractivity contribution in [2.24, 2.45) is 7.05 Å². The Labute approximate surface area is 169 Å². The number of aromatic nitrogens is 4. The largest absolute Gasteiger partial charge is 0.350 e. The van der Waals surface area contributed by atoms with Gasteiger partial charge in [-0.2, -0.15) is 0 Å². The molecule has 0 N–H and O–H groups in total. The Morgan fingerprint density at radius 2 is 1.86 bits per heavy atom. The van der Waals surface area contributed by atoms with E-state index < -0.39 is 0 Å². The first-order valence-corrected chi connectivity index (χ1v) is 10.3. The summed E-state index contributed by atoms with van der Waals surface area (Å²) in [5.74, 6) is 0.741. The van der Waals surface area contributed by atoms with Gasteiger partial charge in [-0.3, -0.25) is 4.79 Å². The number of benzene rings is 1. The number of nitrogens with zero attached hydrogens (tertiary/aromatic N) is 5. The number of para-hydroxylation sites is 1. The molecule has 0 radical (unpaired) electrons. The zero-order valence-electron chi connectivity index (χ0n) is 16.7. The summed E-state index contributed by atoms with van der Waals surface area (Å²) >= 11 is 0. The van der Waals surface area contributed by atoms with Crippen LogP contribution in [0.15, 0.2) is 53.7 Å². The number of aryl methyl sites for hydroxylation is 3. The van der Waals surface area contributed by atoms with Crippen molar-refractivity contribution in [1.29, 1.82) is 0 Å². The van der Waals surface area contributed by atoms with E-state index in [1.807, 2.05) is 12.3 Å². The summed E-state index contributed by atoms with van der Waals surface area (Å²) in [4.78, 5) is 24.3. The van der Waals surface area contributed by atoms with Crippen molar-refractivity contribution < 1.29 is 0 Å². The fourth-order valence-corrected chi connectivity index (χ4v) is 4.35. The lowest BCUT2D eigenvalue weighted by atomic mass is 10.1. The highest BCUT2D eigenvalue weighted by Gasteiger charge is 2.15. The van der Waals surface area contributed by atoms with Crippen LogP contribution in [0, 0.1) is 0 Å². The maximum Gasteiger partial charge on any atom is 0.261 e. The third kappa shape index (κ3) is 3.28. The van der Waals surface area contributed by atoms with E-state index in [9.17, 15) is 4.79 Å². The molecule has 1 fully saturated rings. The number of pyridine rings is 1. The van der Waals surface area contributed by atoms with Gasteiger partial charge in [0.1, 0.15) is 0 Å². The van der Waals surface area contributed by atoms with Crippen molar-refractivity contribution >= 4 is 27.8 Å². The summed E-state index contributed by atoms with van der Waals surface area (Å²) in [6, 6.07) is 10.3. The highest BCUT2D eigenvalue weighted by atomic mass is 16.1. The first kappa shape index (κ1) is 17.9. The minimum absolute atomic E-state index is 0.0204. The molecule has 1 aliphatic rings. The normalized spacial score (nSPS) is 14.7. The van der Waals surface area contributed by atoms with Gasteiger partial charge in [-0.1, -0.05) is 18.2 Å². The zero-order valence-corrected chi connectivity index (χ0v) is 16.7. The Hall–Kier alpha value is -3.15. The van der Waals surface area contributed by atoms with Crippen LogP contribution in [-0.2, 0) is 20.0 Å². The molecule has 6 heteroatoms. The Bertz CT molecular complexity index is 1230. The molecule has 4 aromatic rings. The van der Waals surface area contributed by atoms with Gasteiger partial charge in [0.2, 0.25) is 5.95 Å². The van der Waals surface area contributed by atoms with Gasteiger partial charge in [0, 0.05) is 56.2 Å². The fraction of sp³-hybridized carbons (Fsp3) is 0.348. The van der Waals surface area contributed by atoms with Gasteiger partial charge in [0.05, 0.1) is 10.9 Å². The Morgan fingerprint density at radius 1 is 1.03 bits per heavy atom. The third-order valence-electron chi connectivity index (χ3n) is 5.95. The molecule has 148 valence electrons. The first-order valence-electron chi connectivity index (χ1n) is 10.3. The minimum Gasteiger partial charge on any atom is -0.350 e. The van der Waals surface area contributed by atoms with Gasteiger partial charge >= 0.3 is 0 Å². The second kappa shape index (κ2) is 7.35. The molecule has 0 spiro atoms. The van der Waals surface area contributed by atoms with E-state index in [0.717, 1.165) is 31.0 Å². The summed E-state index contributed by atoms with van der Waals surface area (Å²) in [7, 11) is 2.06. The highest BCUT2D eigenvalue weighted by molar-refractivity contribution is 5.84. The highest BCUT2D eigenvalue weighted by Crippen LogP contribution is 2.21. The van der Waals surface area contributed by atoms with Gasteiger partial charge < -0.3 is 14.0 Å². The molecular weight excluding hydrogens is 362 g/mol. The van der Waals surface area contributed by atoms with Crippen molar-refractivity contribution in [1.82, 2.24) is 19.1 Å². The van der Waals surface area contributed by atoms with Crippen LogP contribution in [0.2, 0.25) is 0 Å². The van der Waals surface area contributed by atoms with Crippen LogP contribution in [0.1, 0.15) is 24.8 Å². The zero-order chi connectivity index (χ0) is 19.8. The van der Waals surface area contributed by atoms with E-state index in [-0.39, 0.29) is 5.56 Å². The lowest BCUT2D eigenvalue weighted by molar-refractivity contribution is 0.569. The van der Waals surface area contributed by atoms with Crippen molar-refractivity contribution in [2.75, 3.05) is 18.0 Å². The quantitative estimate of drug-likeness (QED) is 0.538. The molecule has 0 amide bonds. The van der Waals surface area contributed by atoms with E-state index in [0.29, 0.717) is 11.9 Å². The molecule has 0 bridgehead atoms. The van der Waals surface area contributed by atoms with Crippen molar-refractivity contribution in [3.8, 4) is 0 Å². The molecular formula is C23H25N5O. The van der Waals surface area contributed by atoms with Crippen LogP contribution >= 0.6 is 0 Å². The van der Waals surface area contributed by atoms with Gasteiger partial charge in [0.15, 0.2) is 0 Å². The minimum atomic E-state index is -0.0204. The molecule has 3 aromatic heterocycles. The van der Waals surface area contributed by atoms with Gasteiger partial charge in [-0.15, -0.1) is 0 Å². The number of hydrogen-bond acceptors (Lipinski definition) is 4. The Kier molecular flexibility index (Phi) is 4.54. The fourth-order valence-electron chi connectivity index (χ4n) is 4.35. The van der Waals surface area contributed by atoms with Crippen molar-refractivity contribution in [3.05, 3.63) is 64.8 Å².